The van der Waals surface area contributed by atoms with E-state index in [1.165, 1.54) is 11.8 Å². The monoisotopic (exact) mass is 797 g/mol. The van der Waals surface area contributed by atoms with Crippen molar-refractivity contribution in [2.75, 3.05) is 5.75 Å². The number of ether oxygens (including phenoxy) is 2. The van der Waals surface area contributed by atoms with E-state index in [9.17, 15) is 14.7 Å². The third-order valence-electron chi connectivity index (χ3n) is 10.0. The Morgan fingerprint density at radius 3 is 2.09 bits per heavy atom. The Morgan fingerprint density at radius 1 is 0.690 bits per heavy atom. The molecule has 1 fully saturated rings. The Hall–Kier alpha value is -5.56. The molecule has 58 heavy (non-hydrogen) atoms. The lowest BCUT2D eigenvalue weighted by Gasteiger charge is -2.36. The van der Waals surface area contributed by atoms with Gasteiger partial charge in [0.1, 0.15) is 5.69 Å². The minimum atomic E-state index is -0.647. The first-order valence-electron chi connectivity index (χ1n) is 19.6. The number of unbranched alkanes of at least 4 members (excludes halogenated alkanes) is 2. The van der Waals surface area contributed by atoms with Gasteiger partial charge in [0.15, 0.2) is 12.1 Å². The summed E-state index contributed by atoms with van der Waals surface area (Å²) in [6.07, 6.45) is 2.14. The highest BCUT2D eigenvalue weighted by Crippen LogP contribution is 2.41. The van der Waals surface area contributed by atoms with Gasteiger partial charge in [-0.15, -0.1) is 0 Å². The van der Waals surface area contributed by atoms with Gasteiger partial charge in [-0.25, -0.2) is 10.5 Å². The molecule has 0 spiro atoms. The second kappa shape index (κ2) is 20.2. The van der Waals surface area contributed by atoms with Crippen LogP contribution in [0.1, 0.15) is 73.2 Å². The van der Waals surface area contributed by atoms with Crippen LogP contribution in [-0.2, 0) is 32.2 Å². The third kappa shape index (κ3) is 10.9. The van der Waals surface area contributed by atoms with Crippen molar-refractivity contribution >= 4 is 23.6 Å². The zero-order valence-corrected chi connectivity index (χ0v) is 32.9. The standard InChI is InChI=1S/C47H47N3O7S/c51-30-32-22-24-34(25-23-32)41-28-40(31-58-47-49-44(35-13-4-1-5-14-35)45(57-47)36-15-6-2-7-16-36)55-46(56-41)39-19-11-18-38(27-39)37-17-10-12-33(26-37)29-48-42(52)20-8-3-9-21-43(53)50-54/h1-2,4-7,10-19,22-27,40-41,46,51,54H,3,8-9,20-21,28-31H2,(H,48,52)(H,50,53)/t40-,41+,46+/m1/s1. The van der Waals surface area contributed by atoms with Gasteiger partial charge in [-0.1, -0.05) is 140 Å². The van der Waals surface area contributed by atoms with Crippen LogP contribution in [0.5, 0.6) is 0 Å². The molecule has 1 saturated heterocycles. The lowest BCUT2D eigenvalue weighted by atomic mass is 9.99. The summed E-state index contributed by atoms with van der Waals surface area (Å²) in [6, 6.07) is 44.2. The minimum absolute atomic E-state index is 0.0295. The summed E-state index contributed by atoms with van der Waals surface area (Å²) in [7, 11) is 0. The highest BCUT2D eigenvalue weighted by Gasteiger charge is 2.33. The molecule has 298 valence electrons. The van der Waals surface area contributed by atoms with E-state index in [0.29, 0.717) is 43.2 Å². The molecule has 3 atom stereocenters. The van der Waals surface area contributed by atoms with E-state index in [4.69, 9.17) is 24.1 Å². The lowest BCUT2D eigenvalue weighted by Crippen LogP contribution is -2.31. The summed E-state index contributed by atoms with van der Waals surface area (Å²) >= 11 is 1.52. The fourth-order valence-corrected chi connectivity index (χ4v) is 7.79. The number of hydrogen-bond donors (Lipinski definition) is 4. The molecule has 0 aliphatic carbocycles. The smallest absolute Gasteiger partial charge is 0.256 e. The number of aromatic nitrogens is 1. The topological polar surface area (TPSA) is 143 Å². The van der Waals surface area contributed by atoms with E-state index in [2.05, 4.69) is 23.5 Å². The number of rotatable bonds is 17. The summed E-state index contributed by atoms with van der Waals surface area (Å²) in [6.45, 7) is 0.368. The van der Waals surface area contributed by atoms with E-state index >= 15 is 0 Å². The Bertz CT molecular complexity index is 2190. The van der Waals surface area contributed by atoms with Gasteiger partial charge in [0.25, 0.3) is 5.22 Å². The van der Waals surface area contributed by atoms with Crippen LogP contribution in [0.15, 0.2) is 143 Å². The van der Waals surface area contributed by atoms with Crippen molar-refractivity contribution in [1.82, 2.24) is 15.8 Å². The van der Waals surface area contributed by atoms with E-state index in [1.807, 2.05) is 115 Å². The largest absolute Gasteiger partial charge is 0.431 e. The molecule has 7 rings (SSSR count). The quantitative estimate of drug-likeness (QED) is 0.0307. The molecular formula is C47H47N3O7S. The normalized spacial score (nSPS) is 16.5. The number of oxazole rings is 1. The molecule has 2 amide bonds. The number of nitrogens with zero attached hydrogens (tertiary/aromatic N) is 1. The molecule has 5 aromatic carbocycles. The van der Waals surface area contributed by atoms with Crippen LogP contribution in [-0.4, -0.2) is 39.0 Å². The van der Waals surface area contributed by atoms with Crippen LogP contribution < -0.4 is 10.8 Å². The Kier molecular flexibility index (Phi) is 14.2. The summed E-state index contributed by atoms with van der Waals surface area (Å²) in [5.74, 6) is 0.850. The third-order valence-corrected chi connectivity index (χ3v) is 11.0. The summed E-state index contributed by atoms with van der Waals surface area (Å²) in [5, 5.41) is 21.9. The summed E-state index contributed by atoms with van der Waals surface area (Å²) < 4.78 is 19.8. The van der Waals surface area contributed by atoms with Gasteiger partial charge in [-0.05, 0) is 52.8 Å². The number of nitrogens with one attached hydrogen (secondary N) is 2. The first kappa shape index (κ1) is 40.6. The van der Waals surface area contributed by atoms with Gasteiger partial charge in [0.05, 0.1) is 18.8 Å². The fourth-order valence-electron chi connectivity index (χ4n) is 6.94. The number of hydroxylamine groups is 1. The van der Waals surface area contributed by atoms with Gasteiger partial charge >= 0.3 is 0 Å². The van der Waals surface area contributed by atoms with Crippen molar-refractivity contribution in [2.24, 2.45) is 0 Å². The molecule has 0 unspecified atom stereocenters. The molecule has 10 nitrogen and oxygen atoms in total. The average molecular weight is 798 g/mol. The predicted octanol–water partition coefficient (Wildman–Crippen LogP) is 9.58. The minimum Gasteiger partial charge on any atom is -0.431 e. The van der Waals surface area contributed by atoms with Crippen LogP contribution in [0, 0.1) is 0 Å². The molecule has 1 aliphatic heterocycles. The van der Waals surface area contributed by atoms with Crippen LogP contribution >= 0.6 is 11.8 Å². The van der Waals surface area contributed by atoms with Gasteiger partial charge < -0.3 is 24.3 Å². The molecule has 6 aromatic rings. The number of carbonyl (C=O) groups excluding carboxylic acids is 2. The number of amides is 2. The number of hydrogen-bond acceptors (Lipinski definition) is 9. The van der Waals surface area contributed by atoms with Crippen LogP contribution in [0.3, 0.4) is 0 Å². The highest BCUT2D eigenvalue weighted by atomic mass is 32.2. The van der Waals surface area contributed by atoms with Crippen molar-refractivity contribution in [3.63, 3.8) is 0 Å². The number of carbonyl (C=O) groups is 2. The molecular weight excluding hydrogens is 751 g/mol. The van der Waals surface area contributed by atoms with E-state index in [0.717, 1.165) is 62.4 Å². The average Bonchev–Trinajstić information content (AvgIpc) is 3.72. The zero-order chi connectivity index (χ0) is 40.1. The van der Waals surface area contributed by atoms with Crippen LogP contribution in [0.4, 0.5) is 0 Å². The lowest BCUT2D eigenvalue weighted by molar-refractivity contribution is -0.245. The second-order valence-electron chi connectivity index (χ2n) is 14.2. The molecule has 4 N–H and O–H groups in total. The molecule has 1 aromatic heterocycles. The van der Waals surface area contributed by atoms with Crippen LogP contribution in [0.2, 0.25) is 0 Å². The summed E-state index contributed by atoms with van der Waals surface area (Å²) in [4.78, 5) is 28.7. The number of thioether (sulfide) groups is 1. The Morgan fingerprint density at radius 2 is 1.36 bits per heavy atom. The maximum absolute atomic E-state index is 12.5. The maximum atomic E-state index is 12.5. The van der Waals surface area contributed by atoms with Gasteiger partial charge in [-0.3, -0.25) is 14.8 Å². The van der Waals surface area contributed by atoms with Crippen LogP contribution in [0.25, 0.3) is 33.7 Å². The number of aliphatic hydroxyl groups is 1. The predicted molar refractivity (Wildman–Crippen MR) is 223 cm³/mol. The summed E-state index contributed by atoms with van der Waals surface area (Å²) in [5.41, 5.74) is 10.1. The second-order valence-corrected chi connectivity index (χ2v) is 15.2. The van der Waals surface area contributed by atoms with E-state index in [-0.39, 0.29) is 31.1 Å². The molecule has 11 heteroatoms. The van der Waals surface area contributed by atoms with Crippen molar-refractivity contribution in [2.45, 2.75) is 75.4 Å². The van der Waals surface area contributed by atoms with Crippen molar-refractivity contribution < 1.29 is 33.8 Å². The zero-order valence-electron chi connectivity index (χ0n) is 32.1. The SMILES string of the molecule is O=C(CCCCCC(=O)NCc1cccc(-c2cccc([C@H]3O[C@@H](CSc4nc(-c5ccccc5)c(-c5ccccc5)o4)C[C@@H](c4ccc(CO)cc4)O3)c2)c1)NO. The van der Waals surface area contributed by atoms with E-state index in [1.54, 1.807) is 5.48 Å². The maximum Gasteiger partial charge on any atom is 0.256 e. The number of benzene rings is 5. The van der Waals surface area contributed by atoms with E-state index < -0.39 is 12.2 Å². The van der Waals surface area contributed by atoms with Gasteiger partial charge in [-0.2, -0.15) is 0 Å². The Balaban J connectivity index is 1.05. The van der Waals surface area contributed by atoms with Crippen molar-refractivity contribution in [3.8, 4) is 33.7 Å². The molecule has 0 saturated carbocycles. The highest BCUT2D eigenvalue weighted by molar-refractivity contribution is 7.99. The molecule has 1 aliphatic rings. The molecule has 2 heterocycles. The fraction of sp³-hybridized carbons (Fsp3) is 0.255. The van der Waals surface area contributed by atoms with Gasteiger partial charge in [0.2, 0.25) is 11.8 Å². The van der Waals surface area contributed by atoms with Crippen molar-refractivity contribution in [1.29, 1.82) is 0 Å². The van der Waals surface area contributed by atoms with Gasteiger partial charge in [0, 0.05) is 48.3 Å². The Labute approximate surface area is 342 Å². The number of aliphatic hydroxyl groups excluding tert-OH is 1. The molecule has 0 radical (unpaired) electrons. The first-order chi connectivity index (χ1) is 28.4. The molecule has 0 bridgehead atoms. The first-order valence-corrected chi connectivity index (χ1v) is 20.6. The van der Waals surface area contributed by atoms with Crippen molar-refractivity contribution in [3.05, 3.63) is 156 Å².